The molecular formula is C13H23N3O2. The lowest BCUT2D eigenvalue weighted by molar-refractivity contribution is -0.132. The SMILES string of the molecule is CC1CCCC(C(=O)NCC(=O)N2CCCC2)N1. The molecule has 2 aliphatic rings. The van der Waals surface area contributed by atoms with Crippen molar-refractivity contribution in [2.75, 3.05) is 19.6 Å². The van der Waals surface area contributed by atoms with Crippen LogP contribution in [0.5, 0.6) is 0 Å². The van der Waals surface area contributed by atoms with Gasteiger partial charge in [0, 0.05) is 19.1 Å². The third-order valence-electron chi connectivity index (χ3n) is 3.80. The molecule has 0 aromatic carbocycles. The predicted octanol–water partition coefficient (Wildman–Crippen LogP) is 0.256. The molecule has 2 N–H and O–H groups in total. The first-order valence-corrected chi connectivity index (χ1v) is 6.98. The quantitative estimate of drug-likeness (QED) is 0.758. The van der Waals surface area contributed by atoms with Gasteiger partial charge in [0.2, 0.25) is 11.8 Å². The van der Waals surface area contributed by atoms with Crippen molar-refractivity contribution in [2.45, 2.75) is 51.1 Å². The minimum atomic E-state index is -0.125. The van der Waals surface area contributed by atoms with Gasteiger partial charge in [0.15, 0.2) is 0 Å². The van der Waals surface area contributed by atoms with Crippen LogP contribution in [0.1, 0.15) is 39.0 Å². The summed E-state index contributed by atoms with van der Waals surface area (Å²) in [5.74, 6) is 0.0128. The number of hydrogen-bond donors (Lipinski definition) is 2. The number of carbonyl (C=O) groups excluding carboxylic acids is 2. The minimum absolute atomic E-state index is 0.0332. The summed E-state index contributed by atoms with van der Waals surface area (Å²) in [6.07, 6.45) is 5.24. The summed E-state index contributed by atoms with van der Waals surface area (Å²) in [6, 6.07) is 0.268. The molecule has 2 heterocycles. The summed E-state index contributed by atoms with van der Waals surface area (Å²) in [5.41, 5.74) is 0. The molecule has 18 heavy (non-hydrogen) atoms. The minimum Gasteiger partial charge on any atom is -0.346 e. The van der Waals surface area contributed by atoms with Crippen LogP contribution in [0.2, 0.25) is 0 Å². The Morgan fingerprint density at radius 3 is 2.61 bits per heavy atom. The maximum atomic E-state index is 11.9. The van der Waals surface area contributed by atoms with Crippen LogP contribution in [0.25, 0.3) is 0 Å². The molecule has 2 rings (SSSR count). The zero-order chi connectivity index (χ0) is 13.0. The fraction of sp³-hybridized carbons (Fsp3) is 0.846. The number of likely N-dealkylation sites (tertiary alicyclic amines) is 1. The molecule has 2 fully saturated rings. The molecular weight excluding hydrogens is 230 g/mol. The Hall–Kier alpha value is -1.10. The van der Waals surface area contributed by atoms with Crippen LogP contribution >= 0.6 is 0 Å². The maximum absolute atomic E-state index is 11.9. The van der Waals surface area contributed by atoms with Crippen molar-refractivity contribution >= 4 is 11.8 Å². The van der Waals surface area contributed by atoms with Crippen LogP contribution in [0.15, 0.2) is 0 Å². The topological polar surface area (TPSA) is 61.4 Å². The summed E-state index contributed by atoms with van der Waals surface area (Å²) in [7, 11) is 0. The van der Waals surface area contributed by atoms with Gasteiger partial charge in [0.05, 0.1) is 12.6 Å². The average molecular weight is 253 g/mol. The predicted molar refractivity (Wildman–Crippen MR) is 69.1 cm³/mol. The number of rotatable bonds is 3. The van der Waals surface area contributed by atoms with E-state index >= 15 is 0 Å². The van der Waals surface area contributed by atoms with Crippen molar-refractivity contribution in [3.8, 4) is 0 Å². The van der Waals surface area contributed by atoms with Gasteiger partial charge >= 0.3 is 0 Å². The van der Waals surface area contributed by atoms with Gasteiger partial charge < -0.3 is 15.5 Å². The number of nitrogens with zero attached hydrogens (tertiary/aromatic N) is 1. The van der Waals surface area contributed by atoms with Crippen molar-refractivity contribution in [1.82, 2.24) is 15.5 Å². The lowest BCUT2D eigenvalue weighted by atomic mass is 9.99. The highest BCUT2D eigenvalue weighted by atomic mass is 16.2. The molecule has 2 unspecified atom stereocenters. The fourth-order valence-electron chi connectivity index (χ4n) is 2.71. The van der Waals surface area contributed by atoms with Crippen molar-refractivity contribution in [1.29, 1.82) is 0 Å². The van der Waals surface area contributed by atoms with Gasteiger partial charge in [-0.25, -0.2) is 0 Å². The summed E-state index contributed by atoms with van der Waals surface area (Å²) >= 11 is 0. The van der Waals surface area contributed by atoms with Gasteiger partial charge in [-0.05, 0) is 39.0 Å². The number of hydrogen-bond acceptors (Lipinski definition) is 3. The molecule has 0 spiro atoms. The van der Waals surface area contributed by atoms with Crippen LogP contribution in [-0.2, 0) is 9.59 Å². The summed E-state index contributed by atoms with van der Waals surface area (Å²) in [6.45, 7) is 3.92. The molecule has 2 saturated heterocycles. The molecule has 5 nitrogen and oxygen atoms in total. The van der Waals surface area contributed by atoms with Gasteiger partial charge in [-0.15, -0.1) is 0 Å². The fourth-order valence-corrected chi connectivity index (χ4v) is 2.71. The van der Waals surface area contributed by atoms with E-state index in [1.807, 2.05) is 4.90 Å². The molecule has 0 aliphatic carbocycles. The number of nitrogens with one attached hydrogen (secondary N) is 2. The van der Waals surface area contributed by atoms with E-state index in [1.54, 1.807) is 0 Å². The van der Waals surface area contributed by atoms with E-state index in [0.29, 0.717) is 6.04 Å². The van der Waals surface area contributed by atoms with Gasteiger partial charge in [-0.2, -0.15) is 0 Å². The van der Waals surface area contributed by atoms with E-state index < -0.39 is 0 Å². The lowest BCUT2D eigenvalue weighted by Crippen LogP contribution is -2.51. The molecule has 0 bridgehead atoms. The molecule has 0 aromatic rings. The molecule has 0 saturated carbocycles. The second-order valence-electron chi connectivity index (χ2n) is 5.36. The van der Waals surface area contributed by atoms with Gasteiger partial charge in [-0.3, -0.25) is 9.59 Å². The smallest absolute Gasteiger partial charge is 0.241 e. The molecule has 0 radical (unpaired) electrons. The Bertz CT molecular complexity index is 313. The van der Waals surface area contributed by atoms with E-state index in [0.717, 1.165) is 45.2 Å². The van der Waals surface area contributed by atoms with Gasteiger partial charge in [0.25, 0.3) is 0 Å². The van der Waals surface area contributed by atoms with Gasteiger partial charge in [0.1, 0.15) is 0 Å². The van der Waals surface area contributed by atoms with E-state index in [-0.39, 0.29) is 24.4 Å². The number of carbonyl (C=O) groups is 2. The Kier molecular flexibility index (Phi) is 4.58. The van der Waals surface area contributed by atoms with Crippen LogP contribution in [0.4, 0.5) is 0 Å². The van der Waals surface area contributed by atoms with Crippen molar-refractivity contribution in [3.63, 3.8) is 0 Å². The van der Waals surface area contributed by atoms with E-state index in [2.05, 4.69) is 17.6 Å². The second-order valence-corrected chi connectivity index (χ2v) is 5.36. The molecule has 0 aromatic heterocycles. The van der Waals surface area contributed by atoms with Crippen molar-refractivity contribution in [2.24, 2.45) is 0 Å². The third kappa shape index (κ3) is 3.45. The van der Waals surface area contributed by atoms with E-state index in [9.17, 15) is 9.59 Å². The van der Waals surface area contributed by atoms with Crippen LogP contribution in [-0.4, -0.2) is 48.4 Å². The van der Waals surface area contributed by atoms with Crippen LogP contribution < -0.4 is 10.6 Å². The van der Waals surface area contributed by atoms with Crippen molar-refractivity contribution < 1.29 is 9.59 Å². The van der Waals surface area contributed by atoms with Crippen LogP contribution in [0, 0.1) is 0 Å². The third-order valence-corrected chi connectivity index (χ3v) is 3.80. The Labute approximate surface area is 108 Å². The Morgan fingerprint density at radius 1 is 1.22 bits per heavy atom. The van der Waals surface area contributed by atoms with E-state index in [4.69, 9.17) is 0 Å². The molecule has 5 heteroatoms. The average Bonchev–Trinajstić information content (AvgIpc) is 2.89. The Balaban J connectivity index is 1.72. The number of piperidine rings is 1. The van der Waals surface area contributed by atoms with Crippen LogP contribution in [0.3, 0.4) is 0 Å². The largest absolute Gasteiger partial charge is 0.346 e. The summed E-state index contributed by atoms with van der Waals surface area (Å²) in [5, 5.41) is 6.03. The standard InChI is InChI=1S/C13H23N3O2/c1-10-5-4-6-11(15-10)13(18)14-9-12(17)16-7-2-3-8-16/h10-11,15H,2-9H2,1H3,(H,14,18). The maximum Gasteiger partial charge on any atom is 0.241 e. The highest BCUT2D eigenvalue weighted by Crippen LogP contribution is 2.12. The molecule has 102 valence electrons. The highest BCUT2D eigenvalue weighted by molar-refractivity contribution is 5.87. The van der Waals surface area contributed by atoms with Gasteiger partial charge in [-0.1, -0.05) is 0 Å². The lowest BCUT2D eigenvalue weighted by Gasteiger charge is -2.28. The van der Waals surface area contributed by atoms with E-state index in [1.165, 1.54) is 0 Å². The monoisotopic (exact) mass is 253 g/mol. The zero-order valence-corrected chi connectivity index (χ0v) is 11.1. The summed E-state index contributed by atoms with van der Waals surface area (Å²) < 4.78 is 0. The summed E-state index contributed by atoms with van der Waals surface area (Å²) in [4.78, 5) is 25.5. The first kappa shape index (κ1) is 13.3. The van der Waals surface area contributed by atoms with Crippen molar-refractivity contribution in [3.05, 3.63) is 0 Å². The Morgan fingerprint density at radius 2 is 1.94 bits per heavy atom. The highest BCUT2D eigenvalue weighted by Gasteiger charge is 2.25. The zero-order valence-electron chi connectivity index (χ0n) is 11.1. The molecule has 2 atom stereocenters. The number of amides is 2. The normalized spacial score (nSPS) is 28.2. The second kappa shape index (κ2) is 6.18. The molecule has 2 aliphatic heterocycles. The molecule has 2 amide bonds. The first-order chi connectivity index (χ1) is 8.66. The first-order valence-electron chi connectivity index (χ1n) is 6.98.